The van der Waals surface area contributed by atoms with E-state index >= 15 is 0 Å². The molecule has 0 aromatic carbocycles. The monoisotopic (exact) mass is 316 g/mol. The first-order valence-electron chi connectivity index (χ1n) is 7.63. The smallest absolute Gasteiger partial charge is 0.327 e. The van der Waals surface area contributed by atoms with Crippen LogP contribution in [0.4, 0.5) is 4.79 Å². The highest BCUT2D eigenvalue weighted by Crippen LogP contribution is 2.45. The van der Waals surface area contributed by atoms with E-state index in [9.17, 15) is 14.7 Å². The third-order valence-corrected chi connectivity index (χ3v) is 5.21. The normalized spacial score (nSPS) is 25.1. The van der Waals surface area contributed by atoms with E-state index in [1.54, 1.807) is 11.8 Å². The number of carboxylic acid groups (broad SMARTS) is 1. The van der Waals surface area contributed by atoms with Crippen molar-refractivity contribution in [2.45, 2.75) is 44.0 Å². The minimum atomic E-state index is -0.917. The largest absolute Gasteiger partial charge is 0.480 e. The molecule has 2 atom stereocenters. The van der Waals surface area contributed by atoms with Gasteiger partial charge in [0, 0.05) is 18.9 Å². The number of ether oxygens (including phenoxy) is 1. The van der Waals surface area contributed by atoms with Crippen molar-refractivity contribution in [3.8, 4) is 0 Å². The molecule has 1 saturated carbocycles. The van der Waals surface area contributed by atoms with Gasteiger partial charge in [-0.2, -0.15) is 0 Å². The molecule has 7 heteroatoms. The van der Waals surface area contributed by atoms with Crippen molar-refractivity contribution in [1.29, 1.82) is 0 Å². The first kappa shape index (κ1) is 16.4. The van der Waals surface area contributed by atoms with E-state index in [2.05, 4.69) is 12.2 Å². The number of amides is 2. The van der Waals surface area contributed by atoms with Gasteiger partial charge in [0.15, 0.2) is 0 Å². The minimum absolute atomic E-state index is 0.0205. The van der Waals surface area contributed by atoms with Crippen LogP contribution in [0.5, 0.6) is 0 Å². The number of thioether (sulfide) groups is 1. The molecule has 1 heterocycles. The van der Waals surface area contributed by atoms with Gasteiger partial charge in [0.1, 0.15) is 6.04 Å². The molecule has 2 fully saturated rings. The number of nitrogens with one attached hydrogen (secondary N) is 1. The lowest BCUT2D eigenvalue weighted by atomic mass is 10.2. The zero-order valence-corrected chi connectivity index (χ0v) is 13.2. The maximum atomic E-state index is 12.3. The highest BCUT2D eigenvalue weighted by atomic mass is 32.2. The molecule has 2 N–H and O–H groups in total. The van der Waals surface area contributed by atoms with Gasteiger partial charge in [0.25, 0.3) is 0 Å². The van der Waals surface area contributed by atoms with Crippen molar-refractivity contribution in [3.05, 3.63) is 0 Å². The molecule has 1 saturated heterocycles. The molecule has 21 heavy (non-hydrogen) atoms. The van der Waals surface area contributed by atoms with Crippen LogP contribution in [0.2, 0.25) is 0 Å². The molecule has 1 aliphatic carbocycles. The molecular weight excluding hydrogens is 292 g/mol. The predicted molar refractivity (Wildman–Crippen MR) is 81.4 cm³/mol. The molecule has 2 rings (SSSR count). The average Bonchev–Trinajstić information content (AvgIpc) is 3.20. The second-order valence-corrected chi connectivity index (χ2v) is 6.67. The van der Waals surface area contributed by atoms with Gasteiger partial charge in [0.05, 0.1) is 12.0 Å². The second-order valence-electron chi connectivity index (χ2n) is 5.52. The third kappa shape index (κ3) is 4.51. The summed E-state index contributed by atoms with van der Waals surface area (Å²) in [5, 5.41) is 12.1. The molecule has 120 valence electrons. The molecule has 6 nitrogen and oxygen atoms in total. The number of unbranched alkanes of at least 4 members (excludes halogenated alkanes) is 1. The molecule has 2 amide bonds. The van der Waals surface area contributed by atoms with Crippen LogP contribution < -0.4 is 5.32 Å². The van der Waals surface area contributed by atoms with Gasteiger partial charge in [-0.25, -0.2) is 9.59 Å². The Labute approximate surface area is 129 Å². The van der Waals surface area contributed by atoms with Crippen molar-refractivity contribution in [2.24, 2.45) is 5.92 Å². The highest BCUT2D eigenvalue weighted by Gasteiger charge is 2.47. The van der Waals surface area contributed by atoms with Crippen LogP contribution in [0.25, 0.3) is 0 Å². The van der Waals surface area contributed by atoms with E-state index < -0.39 is 12.0 Å². The lowest BCUT2D eigenvalue weighted by molar-refractivity contribution is -0.141. The Morgan fingerprint density at radius 2 is 2.14 bits per heavy atom. The Morgan fingerprint density at radius 1 is 1.38 bits per heavy atom. The van der Waals surface area contributed by atoms with Gasteiger partial charge in [-0.15, -0.1) is 11.8 Å². The lowest BCUT2D eigenvalue weighted by Crippen LogP contribution is -2.51. The van der Waals surface area contributed by atoms with Crippen LogP contribution in [0.1, 0.15) is 32.6 Å². The van der Waals surface area contributed by atoms with Crippen LogP contribution >= 0.6 is 11.8 Å². The first-order chi connectivity index (χ1) is 10.1. The highest BCUT2D eigenvalue weighted by molar-refractivity contribution is 8.00. The molecule has 0 aromatic rings. The molecule has 2 aliphatic rings. The Balaban J connectivity index is 1.78. The van der Waals surface area contributed by atoms with E-state index in [4.69, 9.17) is 4.74 Å². The van der Waals surface area contributed by atoms with Gasteiger partial charge >= 0.3 is 12.0 Å². The number of aliphatic carboxylic acids is 1. The van der Waals surface area contributed by atoms with Crippen LogP contribution in [0, 0.1) is 5.92 Å². The molecular formula is C14H24N2O4S. The number of carboxylic acids is 1. The summed E-state index contributed by atoms with van der Waals surface area (Å²) >= 11 is 1.59. The maximum Gasteiger partial charge on any atom is 0.327 e. The van der Waals surface area contributed by atoms with Gasteiger partial charge in [-0.3, -0.25) is 4.90 Å². The summed E-state index contributed by atoms with van der Waals surface area (Å²) in [7, 11) is 0. The summed E-state index contributed by atoms with van der Waals surface area (Å²) in [6.07, 6.45) is 4.28. The van der Waals surface area contributed by atoms with Crippen molar-refractivity contribution in [3.63, 3.8) is 0 Å². The summed E-state index contributed by atoms with van der Waals surface area (Å²) < 4.78 is 5.39. The SMILES string of the molecule is CCCCOCCNC(=O)N1C(C(=O)O)CSC1C1CC1. The first-order valence-corrected chi connectivity index (χ1v) is 8.68. The number of hydrogen-bond acceptors (Lipinski definition) is 4. The number of carbonyl (C=O) groups excluding carboxylic acids is 1. The Bertz CT molecular complexity index is 376. The fourth-order valence-electron chi connectivity index (χ4n) is 2.39. The molecule has 0 aromatic heterocycles. The van der Waals surface area contributed by atoms with Crippen molar-refractivity contribution in [1.82, 2.24) is 10.2 Å². The third-order valence-electron chi connectivity index (χ3n) is 3.74. The Hall–Kier alpha value is -0.950. The number of urea groups is 1. The number of rotatable bonds is 8. The summed E-state index contributed by atoms with van der Waals surface area (Å²) in [5.74, 6) is 0.0302. The molecule has 0 spiro atoms. The summed E-state index contributed by atoms with van der Waals surface area (Å²) in [4.78, 5) is 25.1. The van der Waals surface area contributed by atoms with E-state index in [1.165, 1.54) is 4.90 Å². The topological polar surface area (TPSA) is 78.9 Å². The van der Waals surface area contributed by atoms with E-state index in [-0.39, 0.29) is 11.4 Å². The molecule has 0 radical (unpaired) electrons. The van der Waals surface area contributed by atoms with Crippen molar-refractivity contribution in [2.75, 3.05) is 25.5 Å². The zero-order valence-electron chi connectivity index (χ0n) is 12.4. The average molecular weight is 316 g/mol. The van der Waals surface area contributed by atoms with Gasteiger partial charge < -0.3 is 15.2 Å². The number of carbonyl (C=O) groups is 2. The van der Waals surface area contributed by atoms with Gasteiger partial charge in [0.2, 0.25) is 0 Å². The van der Waals surface area contributed by atoms with Crippen molar-refractivity contribution >= 4 is 23.8 Å². The quantitative estimate of drug-likeness (QED) is 0.667. The fraction of sp³-hybridized carbons (Fsp3) is 0.857. The minimum Gasteiger partial charge on any atom is -0.480 e. The molecule has 1 aliphatic heterocycles. The van der Waals surface area contributed by atoms with E-state index in [0.29, 0.717) is 31.4 Å². The van der Waals surface area contributed by atoms with Gasteiger partial charge in [-0.05, 0) is 25.2 Å². The van der Waals surface area contributed by atoms with E-state index in [0.717, 1.165) is 25.7 Å². The second kappa shape index (κ2) is 7.89. The lowest BCUT2D eigenvalue weighted by Gasteiger charge is -2.27. The maximum absolute atomic E-state index is 12.3. The standard InChI is InChI=1S/C14H24N2O4S/c1-2-3-7-20-8-6-15-14(19)16-11(13(17)18)9-21-12(16)10-4-5-10/h10-12H,2-9H2,1H3,(H,15,19)(H,17,18). The van der Waals surface area contributed by atoms with E-state index in [1.807, 2.05) is 0 Å². The van der Waals surface area contributed by atoms with Crippen LogP contribution in [-0.4, -0.2) is 58.9 Å². The van der Waals surface area contributed by atoms with Gasteiger partial charge in [-0.1, -0.05) is 13.3 Å². The van der Waals surface area contributed by atoms with Crippen LogP contribution in [0.3, 0.4) is 0 Å². The fourth-order valence-corrected chi connectivity index (χ4v) is 4.02. The number of nitrogens with zero attached hydrogens (tertiary/aromatic N) is 1. The Morgan fingerprint density at radius 3 is 2.76 bits per heavy atom. The van der Waals surface area contributed by atoms with Crippen molar-refractivity contribution < 1.29 is 19.4 Å². The zero-order chi connectivity index (χ0) is 15.2. The van der Waals surface area contributed by atoms with Crippen LogP contribution in [0.15, 0.2) is 0 Å². The van der Waals surface area contributed by atoms with Crippen LogP contribution in [-0.2, 0) is 9.53 Å². The molecule has 2 unspecified atom stereocenters. The summed E-state index contributed by atoms with van der Waals surface area (Å²) in [5.41, 5.74) is 0. The predicted octanol–water partition coefficient (Wildman–Crippen LogP) is 1.75. The molecule has 0 bridgehead atoms. The number of hydrogen-bond donors (Lipinski definition) is 2. The summed E-state index contributed by atoms with van der Waals surface area (Å²) in [6, 6.07) is -0.981. The Kier molecular flexibility index (Phi) is 6.17. The summed E-state index contributed by atoms with van der Waals surface area (Å²) in [6.45, 7) is 3.70.